The van der Waals surface area contributed by atoms with E-state index in [1.807, 2.05) is 20.8 Å². The lowest BCUT2D eigenvalue weighted by Crippen LogP contribution is -2.42. The van der Waals surface area contributed by atoms with Gasteiger partial charge in [-0.3, -0.25) is 4.79 Å². The number of aromatic nitrogens is 1. The largest absolute Gasteiger partial charge is 0.383 e. The number of hydrogen-bond donors (Lipinski definition) is 2. The summed E-state index contributed by atoms with van der Waals surface area (Å²) in [5.74, 6) is -0.0749. The lowest BCUT2D eigenvalue weighted by molar-refractivity contribution is 0.0902. The van der Waals surface area contributed by atoms with E-state index in [0.29, 0.717) is 5.02 Å². The molecule has 1 unspecified atom stereocenters. The van der Waals surface area contributed by atoms with Gasteiger partial charge in [0.05, 0.1) is 16.6 Å². The highest BCUT2D eigenvalue weighted by molar-refractivity contribution is 6.31. The molecule has 0 aliphatic carbocycles. The Morgan fingerprint density at radius 1 is 1.50 bits per heavy atom. The number of hydrogen-bond acceptors (Lipinski definition) is 4. The summed E-state index contributed by atoms with van der Waals surface area (Å²) in [4.78, 5) is 15.9. The minimum absolute atomic E-state index is 0.161. The average Bonchev–Trinajstić information content (AvgIpc) is 2.18. The highest BCUT2D eigenvalue weighted by Crippen LogP contribution is 2.23. The second-order valence-corrected chi connectivity index (χ2v) is 5.23. The molecule has 0 aromatic carbocycles. The molecule has 1 heterocycles. The predicted molar refractivity (Wildman–Crippen MR) is 65.4 cm³/mol. The predicted octanol–water partition coefficient (Wildman–Crippen LogP) is 1.87. The molecule has 1 aromatic heterocycles. The molecule has 0 bridgehead atoms. The van der Waals surface area contributed by atoms with Gasteiger partial charge in [0.25, 0.3) is 0 Å². The molecule has 4 N–H and O–H groups in total. The van der Waals surface area contributed by atoms with Gasteiger partial charge in [-0.25, -0.2) is 4.98 Å². The first kappa shape index (κ1) is 12.9. The van der Waals surface area contributed by atoms with Crippen molar-refractivity contribution in [2.45, 2.75) is 26.8 Å². The first-order chi connectivity index (χ1) is 7.23. The van der Waals surface area contributed by atoms with Crippen LogP contribution >= 0.6 is 11.6 Å². The summed E-state index contributed by atoms with van der Waals surface area (Å²) < 4.78 is 0. The van der Waals surface area contributed by atoms with E-state index in [4.69, 9.17) is 23.1 Å². The van der Waals surface area contributed by atoms with Gasteiger partial charge < -0.3 is 11.5 Å². The number of pyridine rings is 1. The van der Waals surface area contributed by atoms with Crippen LogP contribution in [0.5, 0.6) is 0 Å². The minimum atomic E-state index is -0.630. The van der Waals surface area contributed by atoms with Crippen LogP contribution in [0.15, 0.2) is 12.3 Å². The number of nitrogens with zero attached hydrogens (tertiary/aromatic N) is 1. The normalized spacial score (nSPS) is 13.6. The van der Waals surface area contributed by atoms with Crippen LogP contribution in [-0.4, -0.2) is 16.8 Å². The van der Waals surface area contributed by atoms with Crippen LogP contribution in [-0.2, 0) is 0 Å². The Balaban J connectivity index is 3.10. The van der Waals surface area contributed by atoms with Crippen LogP contribution in [0.25, 0.3) is 0 Å². The zero-order valence-corrected chi connectivity index (χ0v) is 10.4. The average molecular weight is 242 g/mol. The summed E-state index contributed by atoms with van der Waals surface area (Å²) in [5, 5.41) is 0.374. The number of ketones is 1. The number of nitrogen functional groups attached to an aromatic ring is 1. The van der Waals surface area contributed by atoms with Gasteiger partial charge in [-0.2, -0.15) is 0 Å². The third-order valence-corrected chi connectivity index (χ3v) is 2.57. The van der Waals surface area contributed by atoms with Crippen LogP contribution in [0.1, 0.15) is 31.1 Å². The van der Waals surface area contributed by atoms with E-state index in [1.165, 1.54) is 12.3 Å². The SMILES string of the molecule is CC(C)(C)C(N)C(=O)c1cc(Cl)cnc1N. The molecule has 88 valence electrons. The van der Waals surface area contributed by atoms with Crippen LogP contribution in [0, 0.1) is 5.41 Å². The molecule has 0 fully saturated rings. The van der Waals surface area contributed by atoms with Gasteiger partial charge in [-0.1, -0.05) is 32.4 Å². The number of carbonyl (C=O) groups is 1. The Kier molecular flexibility index (Phi) is 3.55. The van der Waals surface area contributed by atoms with Crippen molar-refractivity contribution in [1.82, 2.24) is 4.98 Å². The van der Waals surface area contributed by atoms with Crippen molar-refractivity contribution in [3.63, 3.8) is 0 Å². The maximum atomic E-state index is 12.1. The fourth-order valence-electron chi connectivity index (χ4n) is 1.21. The van der Waals surface area contributed by atoms with Crippen molar-refractivity contribution in [3.8, 4) is 0 Å². The molecule has 16 heavy (non-hydrogen) atoms. The second kappa shape index (κ2) is 4.39. The Morgan fingerprint density at radius 2 is 2.06 bits per heavy atom. The van der Waals surface area contributed by atoms with Crippen molar-refractivity contribution in [2.75, 3.05) is 5.73 Å². The van der Waals surface area contributed by atoms with E-state index < -0.39 is 6.04 Å². The van der Waals surface area contributed by atoms with Gasteiger partial charge >= 0.3 is 0 Å². The van der Waals surface area contributed by atoms with Gasteiger partial charge in [-0.05, 0) is 11.5 Å². The summed E-state index contributed by atoms with van der Waals surface area (Å²) >= 11 is 5.77. The van der Waals surface area contributed by atoms with E-state index >= 15 is 0 Å². The van der Waals surface area contributed by atoms with E-state index in [0.717, 1.165) is 0 Å². The first-order valence-electron chi connectivity index (χ1n) is 4.94. The minimum Gasteiger partial charge on any atom is -0.383 e. The maximum absolute atomic E-state index is 12.1. The van der Waals surface area contributed by atoms with Crippen molar-refractivity contribution in [1.29, 1.82) is 0 Å². The van der Waals surface area contributed by atoms with Crippen molar-refractivity contribution in [2.24, 2.45) is 11.1 Å². The van der Waals surface area contributed by atoms with E-state index in [-0.39, 0.29) is 22.6 Å². The van der Waals surface area contributed by atoms with E-state index in [2.05, 4.69) is 4.98 Å². The van der Waals surface area contributed by atoms with Crippen LogP contribution in [0.2, 0.25) is 5.02 Å². The van der Waals surface area contributed by atoms with Gasteiger partial charge in [0, 0.05) is 6.20 Å². The van der Waals surface area contributed by atoms with Gasteiger partial charge in [0.1, 0.15) is 5.82 Å². The number of carbonyl (C=O) groups excluding carboxylic acids is 1. The Morgan fingerprint density at radius 3 is 2.56 bits per heavy atom. The van der Waals surface area contributed by atoms with Crippen LogP contribution in [0.3, 0.4) is 0 Å². The Labute approximate surface area is 100.0 Å². The third kappa shape index (κ3) is 2.71. The zero-order valence-electron chi connectivity index (χ0n) is 9.62. The highest BCUT2D eigenvalue weighted by Gasteiger charge is 2.29. The fraction of sp³-hybridized carbons (Fsp3) is 0.455. The fourth-order valence-corrected chi connectivity index (χ4v) is 1.37. The standard InChI is InChI=1S/C11H16ClN3O/c1-11(2,3)9(13)8(16)7-4-6(12)5-15-10(7)14/h4-5,9H,13H2,1-3H3,(H2,14,15). The summed E-state index contributed by atoms with van der Waals surface area (Å²) in [6.45, 7) is 5.68. The topological polar surface area (TPSA) is 82.0 Å². The van der Waals surface area contributed by atoms with Crippen LogP contribution in [0.4, 0.5) is 5.82 Å². The third-order valence-electron chi connectivity index (χ3n) is 2.37. The summed E-state index contributed by atoms with van der Waals surface area (Å²) in [5.41, 5.74) is 11.5. The highest BCUT2D eigenvalue weighted by atomic mass is 35.5. The molecule has 0 saturated heterocycles. The van der Waals surface area contributed by atoms with E-state index in [1.54, 1.807) is 0 Å². The molecule has 0 radical (unpaired) electrons. The first-order valence-corrected chi connectivity index (χ1v) is 5.32. The molecule has 1 aromatic rings. The zero-order chi connectivity index (χ0) is 12.5. The molecule has 0 aliphatic heterocycles. The lowest BCUT2D eigenvalue weighted by Gasteiger charge is -2.25. The van der Waals surface area contributed by atoms with Crippen molar-refractivity contribution in [3.05, 3.63) is 22.8 Å². The van der Waals surface area contributed by atoms with E-state index in [9.17, 15) is 4.79 Å². The summed E-state index contributed by atoms with van der Waals surface area (Å²) in [6.07, 6.45) is 1.40. The number of rotatable bonds is 2. The molecular weight excluding hydrogens is 226 g/mol. The maximum Gasteiger partial charge on any atom is 0.183 e. The quantitative estimate of drug-likeness (QED) is 0.775. The Bertz CT molecular complexity index is 412. The number of nitrogens with two attached hydrogens (primary N) is 2. The smallest absolute Gasteiger partial charge is 0.183 e. The number of anilines is 1. The molecule has 0 aliphatic rings. The van der Waals surface area contributed by atoms with Crippen molar-refractivity contribution < 1.29 is 4.79 Å². The van der Waals surface area contributed by atoms with Gasteiger partial charge in [-0.15, -0.1) is 0 Å². The summed E-state index contributed by atoms with van der Waals surface area (Å²) in [6, 6.07) is 0.868. The molecule has 1 rings (SSSR count). The molecule has 0 saturated carbocycles. The van der Waals surface area contributed by atoms with Crippen molar-refractivity contribution >= 4 is 23.2 Å². The Hall–Kier alpha value is -1.13. The monoisotopic (exact) mass is 241 g/mol. The lowest BCUT2D eigenvalue weighted by atomic mass is 9.83. The summed E-state index contributed by atoms with van der Waals surface area (Å²) in [7, 11) is 0. The second-order valence-electron chi connectivity index (χ2n) is 4.79. The number of halogens is 1. The molecule has 0 spiro atoms. The molecule has 5 heteroatoms. The van der Waals surface area contributed by atoms with Crippen LogP contribution < -0.4 is 11.5 Å². The number of Topliss-reactive ketones (excluding diaryl/α,β-unsaturated/α-hetero) is 1. The molecule has 1 atom stereocenters. The van der Waals surface area contributed by atoms with Gasteiger partial charge in [0.2, 0.25) is 0 Å². The van der Waals surface area contributed by atoms with Gasteiger partial charge in [0.15, 0.2) is 5.78 Å². The molecular formula is C11H16ClN3O. The molecule has 0 amide bonds. The molecule has 4 nitrogen and oxygen atoms in total.